The lowest BCUT2D eigenvalue weighted by Gasteiger charge is -2.15. The summed E-state index contributed by atoms with van der Waals surface area (Å²) in [4.78, 5) is 14.2. The second kappa shape index (κ2) is 8.04. The van der Waals surface area contributed by atoms with E-state index in [0.29, 0.717) is 6.54 Å². The summed E-state index contributed by atoms with van der Waals surface area (Å²) < 4.78 is 1.94. The van der Waals surface area contributed by atoms with Gasteiger partial charge in [-0.1, -0.05) is 48.0 Å². The van der Waals surface area contributed by atoms with E-state index < -0.39 is 0 Å². The average Bonchev–Trinajstić information content (AvgIpc) is 2.95. The first-order chi connectivity index (χ1) is 13.0. The van der Waals surface area contributed by atoms with Gasteiger partial charge in [0.2, 0.25) is 5.91 Å². The van der Waals surface area contributed by atoms with Crippen LogP contribution in [0.3, 0.4) is 0 Å². The Morgan fingerprint density at radius 3 is 2.52 bits per heavy atom. The maximum absolute atomic E-state index is 12.5. The molecule has 0 aliphatic heterocycles. The van der Waals surface area contributed by atoms with Crippen molar-refractivity contribution >= 4 is 12.0 Å². The van der Waals surface area contributed by atoms with Gasteiger partial charge in [-0.2, -0.15) is 5.10 Å². The molecule has 2 aromatic carbocycles. The fourth-order valence-corrected chi connectivity index (χ4v) is 3.11. The predicted octanol–water partition coefficient (Wildman–Crippen LogP) is 4.47. The molecule has 0 spiro atoms. The van der Waals surface area contributed by atoms with E-state index in [9.17, 15) is 4.79 Å². The molecule has 3 aromatic rings. The van der Waals surface area contributed by atoms with Crippen molar-refractivity contribution in [2.75, 3.05) is 7.05 Å². The molecule has 0 N–H and O–H groups in total. The Hall–Kier alpha value is -3.14. The summed E-state index contributed by atoms with van der Waals surface area (Å²) in [5.74, 6) is -0.0252. The molecule has 27 heavy (non-hydrogen) atoms. The number of para-hydroxylation sites is 1. The third-order valence-electron chi connectivity index (χ3n) is 4.67. The van der Waals surface area contributed by atoms with E-state index in [1.807, 2.05) is 87.1 Å². The molecule has 0 unspecified atom stereocenters. The molecule has 4 heteroatoms. The fourth-order valence-electron chi connectivity index (χ4n) is 3.11. The lowest BCUT2D eigenvalue weighted by atomic mass is 10.1. The van der Waals surface area contributed by atoms with Gasteiger partial charge in [0.25, 0.3) is 0 Å². The van der Waals surface area contributed by atoms with Gasteiger partial charge in [0.15, 0.2) is 0 Å². The molecule has 0 saturated carbocycles. The first-order valence-electron chi connectivity index (χ1n) is 9.06. The van der Waals surface area contributed by atoms with Crippen molar-refractivity contribution in [2.24, 2.45) is 0 Å². The zero-order valence-corrected chi connectivity index (χ0v) is 16.3. The van der Waals surface area contributed by atoms with Crippen LogP contribution < -0.4 is 0 Å². The van der Waals surface area contributed by atoms with Gasteiger partial charge in [0.05, 0.1) is 11.4 Å². The number of carbonyl (C=O) groups excluding carboxylic acids is 1. The molecule has 138 valence electrons. The topological polar surface area (TPSA) is 38.1 Å². The first kappa shape index (κ1) is 18.6. The number of likely N-dealkylation sites (N-methyl/N-ethyl adjacent to an activating group) is 1. The highest BCUT2D eigenvalue weighted by Crippen LogP contribution is 2.19. The summed E-state index contributed by atoms with van der Waals surface area (Å²) >= 11 is 0. The van der Waals surface area contributed by atoms with E-state index in [4.69, 9.17) is 0 Å². The van der Waals surface area contributed by atoms with Crippen LogP contribution in [0.25, 0.3) is 11.8 Å². The van der Waals surface area contributed by atoms with Gasteiger partial charge in [0.1, 0.15) is 0 Å². The molecular weight excluding hydrogens is 334 g/mol. The van der Waals surface area contributed by atoms with Crippen molar-refractivity contribution in [1.29, 1.82) is 0 Å². The maximum atomic E-state index is 12.5. The van der Waals surface area contributed by atoms with Gasteiger partial charge in [-0.15, -0.1) is 0 Å². The number of amides is 1. The zero-order valence-electron chi connectivity index (χ0n) is 16.3. The molecular formula is C23H25N3O. The number of benzene rings is 2. The quantitative estimate of drug-likeness (QED) is 0.631. The number of nitrogens with zero attached hydrogens (tertiary/aromatic N) is 3. The summed E-state index contributed by atoms with van der Waals surface area (Å²) in [5.41, 5.74) is 6.31. The first-order valence-corrected chi connectivity index (χ1v) is 9.06. The molecule has 4 nitrogen and oxygen atoms in total. The Balaban J connectivity index is 1.75. The molecule has 1 amide bonds. The standard InChI is InChI=1S/C23H25N3O/c1-17-9-8-10-20(15-17)13-14-23(27)25(4)16-22-18(2)24-26(19(22)3)21-11-6-5-7-12-21/h5-15H,16H2,1-4H3/b14-13-. The van der Waals surface area contributed by atoms with Gasteiger partial charge in [-0.25, -0.2) is 4.68 Å². The highest BCUT2D eigenvalue weighted by atomic mass is 16.2. The Morgan fingerprint density at radius 2 is 1.81 bits per heavy atom. The van der Waals surface area contributed by atoms with E-state index in [1.54, 1.807) is 11.0 Å². The number of rotatable bonds is 5. The molecule has 0 radical (unpaired) electrons. The Bertz CT molecular complexity index is 971. The van der Waals surface area contributed by atoms with Crippen LogP contribution in [0, 0.1) is 20.8 Å². The predicted molar refractivity (Wildman–Crippen MR) is 110 cm³/mol. The molecule has 3 rings (SSSR count). The molecule has 0 aliphatic carbocycles. The van der Waals surface area contributed by atoms with Crippen molar-refractivity contribution < 1.29 is 4.79 Å². The Morgan fingerprint density at radius 1 is 1.07 bits per heavy atom. The Kier molecular flexibility index (Phi) is 5.55. The number of carbonyl (C=O) groups is 1. The smallest absolute Gasteiger partial charge is 0.246 e. The van der Waals surface area contributed by atoms with Crippen molar-refractivity contribution in [3.8, 4) is 5.69 Å². The largest absolute Gasteiger partial charge is 0.338 e. The van der Waals surface area contributed by atoms with Gasteiger partial charge in [-0.3, -0.25) is 4.79 Å². The SMILES string of the molecule is Cc1cccc(/C=C\C(=O)N(C)Cc2c(C)nn(-c3ccccc3)c2C)c1. The summed E-state index contributed by atoms with van der Waals surface area (Å²) in [6, 6.07) is 18.1. The normalized spacial score (nSPS) is 11.1. The van der Waals surface area contributed by atoms with E-state index in [2.05, 4.69) is 11.2 Å². The number of hydrogen-bond donors (Lipinski definition) is 0. The van der Waals surface area contributed by atoms with Gasteiger partial charge in [-0.05, 0) is 44.5 Å². The Labute approximate surface area is 160 Å². The summed E-state index contributed by atoms with van der Waals surface area (Å²) in [7, 11) is 1.82. The molecule has 0 bridgehead atoms. The number of aromatic nitrogens is 2. The second-order valence-corrected chi connectivity index (χ2v) is 6.84. The third kappa shape index (κ3) is 4.34. The minimum atomic E-state index is -0.0252. The van der Waals surface area contributed by atoms with Gasteiger partial charge < -0.3 is 4.90 Å². The van der Waals surface area contributed by atoms with E-state index in [0.717, 1.165) is 28.2 Å². The molecule has 1 heterocycles. The van der Waals surface area contributed by atoms with Gasteiger partial charge >= 0.3 is 0 Å². The molecule has 0 aliphatic rings. The number of aryl methyl sites for hydroxylation is 2. The summed E-state index contributed by atoms with van der Waals surface area (Å²) in [5, 5.41) is 4.66. The summed E-state index contributed by atoms with van der Waals surface area (Å²) in [6.45, 7) is 6.61. The fraction of sp³-hybridized carbons (Fsp3) is 0.217. The van der Waals surface area contributed by atoms with Crippen molar-refractivity contribution in [2.45, 2.75) is 27.3 Å². The molecule has 0 fully saturated rings. The van der Waals surface area contributed by atoms with Crippen LogP contribution in [0.1, 0.15) is 28.1 Å². The third-order valence-corrected chi connectivity index (χ3v) is 4.67. The molecule has 0 atom stereocenters. The van der Waals surface area contributed by atoms with E-state index >= 15 is 0 Å². The van der Waals surface area contributed by atoms with Crippen molar-refractivity contribution in [3.63, 3.8) is 0 Å². The van der Waals surface area contributed by atoms with Crippen molar-refractivity contribution in [3.05, 3.63) is 88.8 Å². The highest BCUT2D eigenvalue weighted by molar-refractivity contribution is 5.91. The van der Waals surface area contributed by atoms with Crippen LogP contribution in [0.15, 0.2) is 60.7 Å². The van der Waals surface area contributed by atoms with Crippen LogP contribution in [0.2, 0.25) is 0 Å². The minimum absolute atomic E-state index is 0.0252. The zero-order chi connectivity index (χ0) is 19.4. The average molecular weight is 359 g/mol. The van der Waals surface area contributed by atoms with Crippen LogP contribution in [0.5, 0.6) is 0 Å². The second-order valence-electron chi connectivity index (χ2n) is 6.84. The minimum Gasteiger partial charge on any atom is -0.338 e. The lowest BCUT2D eigenvalue weighted by molar-refractivity contribution is -0.125. The number of hydrogen-bond acceptors (Lipinski definition) is 2. The lowest BCUT2D eigenvalue weighted by Crippen LogP contribution is -2.24. The summed E-state index contributed by atoms with van der Waals surface area (Å²) in [6.07, 6.45) is 3.49. The monoisotopic (exact) mass is 359 g/mol. The van der Waals surface area contributed by atoms with Gasteiger partial charge in [0, 0.05) is 30.9 Å². The highest BCUT2D eigenvalue weighted by Gasteiger charge is 2.16. The maximum Gasteiger partial charge on any atom is 0.246 e. The van der Waals surface area contributed by atoms with Crippen LogP contribution in [0.4, 0.5) is 0 Å². The van der Waals surface area contributed by atoms with Crippen molar-refractivity contribution in [1.82, 2.24) is 14.7 Å². The van der Waals surface area contributed by atoms with Crippen LogP contribution in [-0.2, 0) is 11.3 Å². The van der Waals surface area contributed by atoms with Crippen LogP contribution in [-0.4, -0.2) is 27.6 Å². The van der Waals surface area contributed by atoms with Crippen LogP contribution >= 0.6 is 0 Å². The van der Waals surface area contributed by atoms with E-state index in [1.165, 1.54) is 5.56 Å². The molecule has 0 saturated heterocycles. The molecule has 1 aromatic heterocycles. The van der Waals surface area contributed by atoms with E-state index in [-0.39, 0.29) is 5.91 Å².